The van der Waals surface area contributed by atoms with Gasteiger partial charge in [0, 0.05) is 4.90 Å². The first kappa shape index (κ1) is 18.7. The molecule has 0 spiro atoms. The summed E-state index contributed by atoms with van der Waals surface area (Å²) in [7, 11) is 0. The molecular formula is C12H7Cl6N3S. The van der Waals surface area contributed by atoms with E-state index in [1.807, 2.05) is 31.2 Å². The van der Waals surface area contributed by atoms with Crippen LogP contribution in [0.2, 0.25) is 0 Å². The average Bonchev–Trinajstić information content (AvgIpc) is 2.39. The van der Waals surface area contributed by atoms with Gasteiger partial charge in [-0.3, -0.25) is 0 Å². The van der Waals surface area contributed by atoms with E-state index in [9.17, 15) is 0 Å². The van der Waals surface area contributed by atoms with Crippen LogP contribution in [0.4, 0.5) is 0 Å². The first-order valence-electron chi connectivity index (χ1n) is 5.71. The molecule has 2 aromatic rings. The van der Waals surface area contributed by atoms with Crippen LogP contribution in [0.15, 0.2) is 34.3 Å². The van der Waals surface area contributed by atoms with Crippen molar-refractivity contribution in [3.05, 3.63) is 41.5 Å². The van der Waals surface area contributed by atoms with Crippen molar-refractivity contribution in [1.82, 2.24) is 15.0 Å². The molecule has 0 radical (unpaired) electrons. The van der Waals surface area contributed by atoms with Gasteiger partial charge in [-0.15, -0.1) is 0 Å². The van der Waals surface area contributed by atoms with Crippen LogP contribution in [0.1, 0.15) is 17.2 Å². The second kappa shape index (κ2) is 7.06. The summed E-state index contributed by atoms with van der Waals surface area (Å²) in [6.45, 7) is 1.95. The number of halogens is 6. The highest BCUT2D eigenvalue weighted by Crippen LogP contribution is 2.41. The third-order valence-electron chi connectivity index (χ3n) is 2.42. The van der Waals surface area contributed by atoms with Gasteiger partial charge in [0.05, 0.1) is 0 Å². The maximum absolute atomic E-state index is 5.83. The zero-order valence-electron chi connectivity index (χ0n) is 10.8. The van der Waals surface area contributed by atoms with Crippen LogP contribution >= 0.6 is 81.4 Å². The molecule has 1 aromatic heterocycles. The topological polar surface area (TPSA) is 38.7 Å². The monoisotopic (exact) mass is 435 g/mol. The van der Waals surface area contributed by atoms with E-state index in [0.717, 1.165) is 10.5 Å². The summed E-state index contributed by atoms with van der Waals surface area (Å²) < 4.78 is -3.71. The minimum absolute atomic E-state index is 0.107. The molecule has 0 saturated carbocycles. The van der Waals surface area contributed by atoms with Crippen LogP contribution in [-0.2, 0) is 7.59 Å². The van der Waals surface area contributed by atoms with E-state index in [1.165, 1.54) is 11.8 Å². The Morgan fingerprint density at radius 2 is 1.32 bits per heavy atom. The summed E-state index contributed by atoms with van der Waals surface area (Å²) in [6, 6.07) is 7.68. The van der Waals surface area contributed by atoms with Gasteiger partial charge in [-0.05, 0) is 30.3 Å². The number of nitrogens with zero attached hydrogens (tertiary/aromatic N) is 3. The molecule has 1 aromatic carbocycles. The molecule has 0 N–H and O–H groups in total. The third-order valence-corrected chi connectivity index (χ3v) is 4.47. The van der Waals surface area contributed by atoms with Gasteiger partial charge >= 0.3 is 0 Å². The summed E-state index contributed by atoms with van der Waals surface area (Å²) >= 11 is 36.2. The molecule has 0 aliphatic heterocycles. The third kappa shape index (κ3) is 4.91. The van der Waals surface area contributed by atoms with Crippen molar-refractivity contribution in [1.29, 1.82) is 0 Å². The Hall–Kier alpha value is 0.320. The van der Waals surface area contributed by atoms with Gasteiger partial charge in [-0.2, -0.15) is 0 Å². The van der Waals surface area contributed by atoms with E-state index in [4.69, 9.17) is 69.6 Å². The number of hydrogen-bond donors (Lipinski definition) is 0. The fourth-order valence-electron chi connectivity index (χ4n) is 1.42. The summed E-state index contributed by atoms with van der Waals surface area (Å²) in [5.74, 6) is -0.213. The smallest absolute Gasteiger partial charge is 0.209 e. The number of benzene rings is 1. The summed E-state index contributed by atoms with van der Waals surface area (Å²) in [4.78, 5) is 13.1. The molecule has 0 unspecified atom stereocenters. The molecule has 0 saturated heterocycles. The van der Waals surface area contributed by atoms with Crippen LogP contribution in [0.3, 0.4) is 0 Å². The highest BCUT2D eigenvalue weighted by molar-refractivity contribution is 7.99. The van der Waals surface area contributed by atoms with Gasteiger partial charge in [-0.25, -0.2) is 15.0 Å². The van der Waals surface area contributed by atoms with Crippen molar-refractivity contribution in [2.45, 2.75) is 24.6 Å². The Morgan fingerprint density at radius 1 is 0.818 bits per heavy atom. The molecule has 1 heterocycles. The van der Waals surface area contributed by atoms with Crippen molar-refractivity contribution < 1.29 is 0 Å². The number of hydrogen-bond acceptors (Lipinski definition) is 4. The van der Waals surface area contributed by atoms with E-state index >= 15 is 0 Å². The van der Waals surface area contributed by atoms with E-state index in [2.05, 4.69) is 15.0 Å². The Morgan fingerprint density at radius 3 is 1.77 bits per heavy atom. The van der Waals surface area contributed by atoms with Gasteiger partial charge < -0.3 is 0 Å². The first-order valence-corrected chi connectivity index (χ1v) is 8.80. The minimum atomic E-state index is -1.85. The lowest BCUT2D eigenvalue weighted by molar-refractivity contribution is 0.767. The summed E-state index contributed by atoms with van der Waals surface area (Å²) in [6.07, 6.45) is 0. The predicted molar refractivity (Wildman–Crippen MR) is 93.6 cm³/mol. The number of alkyl halides is 6. The largest absolute Gasteiger partial charge is 0.250 e. The zero-order chi connectivity index (χ0) is 16.5. The van der Waals surface area contributed by atoms with Crippen LogP contribution in [-0.4, -0.2) is 15.0 Å². The van der Waals surface area contributed by atoms with Crippen molar-refractivity contribution in [2.24, 2.45) is 0 Å². The Kier molecular flexibility index (Phi) is 5.98. The molecule has 2 rings (SSSR count). The van der Waals surface area contributed by atoms with Crippen LogP contribution in [0.25, 0.3) is 0 Å². The Labute approximate surface area is 161 Å². The molecule has 22 heavy (non-hydrogen) atoms. The molecule has 0 aliphatic rings. The highest BCUT2D eigenvalue weighted by Gasteiger charge is 2.34. The number of aryl methyl sites for hydroxylation is 1. The fourth-order valence-corrected chi connectivity index (χ4v) is 2.77. The molecule has 0 atom stereocenters. The molecule has 118 valence electrons. The van der Waals surface area contributed by atoms with Crippen LogP contribution < -0.4 is 0 Å². The maximum atomic E-state index is 5.83. The Balaban J connectivity index is 2.49. The van der Waals surface area contributed by atoms with E-state index in [-0.39, 0.29) is 16.8 Å². The predicted octanol–water partition coefficient (Wildman–Crippen LogP) is 5.98. The minimum Gasteiger partial charge on any atom is -0.209 e. The van der Waals surface area contributed by atoms with Crippen LogP contribution in [0.5, 0.6) is 0 Å². The normalized spacial score (nSPS) is 12.5. The first-order chi connectivity index (χ1) is 10.1. The SMILES string of the molecule is Cc1ccccc1Sc1nc(C(Cl)(Cl)Cl)nc(C(Cl)(Cl)Cl)n1. The Bertz CT molecular complexity index is 651. The summed E-state index contributed by atoms with van der Waals surface area (Å²) in [5.41, 5.74) is 1.04. The lowest BCUT2D eigenvalue weighted by atomic mass is 10.2. The molecule has 0 fully saturated rings. The fraction of sp³-hybridized carbons (Fsp3) is 0.250. The van der Waals surface area contributed by atoms with Gasteiger partial charge in [0.1, 0.15) is 0 Å². The molecule has 0 bridgehead atoms. The van der Waals surface area contributed by atoms with E-state index in [1.54, 1.807) is 0 Å². The van der Waals surface area contributed by atoms with Gasteiger partial charge in [0.2, 0.25) is 7.59 Å². The van der Waals surface area contributed by atoms with Crippen molar-refractivity contribution in [3.8, 4) is 0 Å². The highest BCUT2D eigenvalue weighted by atomic mass is 35.6. The number of aromatic nitrogens is 3. The molecule has 10 heteroatoms. The lowest BCUT2D eigenvalue weighted by Crippen LogP contribution is -2.16. The molecule has 0 aliphatic carbocycles. The van der Waals surface area contributed by atoms with Crippen LogP contribution in [0, 0.1) is 6.92 Å². The maximum Gasteiger partial charge on any atom is 0.250 e. The second-order valence-electron chi connectivity index (χ2n) is 4.13. The van der Waals surface area contributed by atoms with E-state index in [0.29, 0.717) is 0 Å². The van der Waals surface area contributed by atoms with Gasteiger partial charge in [0.15, 0.2) is 16.8 Å². The van der Waals surface area contributed by atoms with Gasteiger partial charge in [-0.1, -0.05) is 87.8 Å². The van der Waals surface area contributed by atoms with Gasteiger partial charge in [0.25, 0.3) is 0 Å². The quantitative estimate of drug-likeness (QED) is 0.541. The number of rotatable bonds is 2. The summed E-state index contributed by atoms with van der Waals surface area (Å²) in [5, 5.41) is 0.270. The molecule has 3 nitrogen and oxygen atoms in total. The lowest BCUT2D eigenvalue weighted by Gasteiger charge is -2.15. The zero-order valence-corrected chi connectivity index (χ0v) is 16.2. The van der Waals surface area contributed by atoms with Crippen molar-refractivity contribution in [2.75, 3.05) is 0 Å². The van der Waals surface area contributed by atoms with E-state index < -0.39 is 7.59 Å². The second-order valence-corrected chi connectivity index (χ2v) is 9.70. The average molecular weight is 438 g/mol. The standard InChI is InChI=1S/C12H7Cl6N3S/c1-6-4-2-3-5-7(6)22-10-20-8(11(13,14)15)19-9(21-10)12(16,17)18/h2-5H,1H3. The van der Waals surface area contributed by atoms with Crippen molar-refractivity contribution in [3.63, 3.8) is 0 Å². The van der Waals surface area contributed by atoms with Crippen molar-refractivity contribution >= 4 is 81.4 Å². The molecule has 0 amide bonds. The molecular weight excluding hydrogens is 431 g/mol.